The van der Waals surface area contributed by atoms with Gasteiger partial charge in [-0.2, -0.15) is 0 Å². The predicted molar refractivity (Wildman–Crippen MR) is 95.5 cm³/mol. The predicted octanol–water partition coefficient (Wildman–Crippen LogP) is 2.07. The maximum absolute atomic E-state index is 12.0. The van der Waals surface area contributed by atoms with Crippen LogP contribution in [0.4, 0.5) is 5.69 Å². The topological polar surface area (TPSA) is 96.6 Å². The number of hydrogen-bond acceptors (Lipinski definition) is 4. The number of anilines is 1. The smallest absolute Gasteiger partial charge is 0.250 e. The number of benzene rings is 1. The van der Waals surface area contributed by atoms with Crippen molar-refractivity contribution in [3.8, 4) is 0 Å². The lowest BCUT2D eigenvalue weighted by atomic mass is 10.2. The molecule has 0 saturated heterocycles. The van der Waals surface area contributed by atoms with Crippen LogP contribution >= 0.6 is 11.3 Å². The Morgan fingerprint density at radius 2 is 1.87 bits per heavy atom. The van der Waals surface area contributed by atoms with Gasteiger partial charge >= 0.3 is 0 Å². The fourth-order valence-electron chi connectivity index (χ4n) is 1.81. The number of hydrogen-bond donors (Lipinski definition) is 3. The van der Waals surface area contributed by atoms with E-state index in [2.05, 4.69) is 15.0 Å². The highest BCUT2D eigenvalue weighted by Gasteiger charge is 2.14. The largest absolute Gasteiger partial charge is 0.370 e. The molecule has 0 amide bonds. The first-order valence-electron chi connectivity index (χ1n) is 7.06. The molecule has 2 rings (SSSR count). The fraction of sp³-hybridized carbons (Fsp3) is 0.267. The molecule has 0 aliphatic heterocycles. The summed E-state index contributed by atoms with van der Waals surface area (Å²) in [7, 11) is -3.46. The van der Waals surface area contributed by atoms with Crippen LogP contribution in [0.2, 0.25) is 0 Å². The van der Waals surface area contributed by atoms with Crippen LogP contribution in [0.5, 0.6) is 0 Å². The number of nitrogens with one attached hydrogen (secondary N) is 2. The maximum Gasteiger partial charge on any atom is 0.250 e. The van der Waals surface area contributed by atoms with E-state index in [0.29, 0.717) is 4.21 Å². The summed E-state index contributed by atoms with van der Waals surface area (Å²) in [5.41, 5.74) is 7.77. The quantitative estimate of drug-likeness (QED) is 0.421. The van der Waals surface area contributed by atoms with Crippen LogP contribution in [0, 0.1) is 13.8 Å². The molecule has 0 radical (unpaired) electrons. The summed E-state index contributed by atoms with van der Waals surface area (Å²) in [6.45, 7) is 4.32. The lowest BCUT2D eigenvalue weighted by molar-refractivity contribution is 0.584. The minimum absolute atomic E-state index is 0.190. The number of nitrogens with zero attached hydrogens (tertiary/aromatic N) is 1. The first-order chi connectivity index (χ1) is 10.9. The summed E-state index contributed by atoms with van der Waals surface area (Å²) in [5, 5.41) is 2.95. The van der Waals surface area contributed by atoms with Gasteiger partial charge in [-0.3, -0.25) is 4.99 Å². The number of sulfonamides is 1. The molecule has 0 bridgehead atoms. The van der Waals surface area contributed by atoms with Crippen molar-refractivity contribution in [2.24, 2.45) is 10.7 Å². The molecule has 8 heteroatoms. The summed E-state index contributed by atoms with van der Waals surface area (Å²) in [4.78, 5) is 5.06. The highest BCUT2D eigenvalue weighted by Crippen LogP contribution is 2.19. The molecular weight excluding hydrogens is 332 g/mol. The number of thiophene rings is 1. The van der Waals surface area contributed by atoms with Gasteiger partial charge in [0.1, 0.15) is 4.21 Å². The van der Waals surface area contributed by atoms with Crippen LogP contribution in [0.3, 0.4) is 0 Å². The standard InChI is InChI=1S/C15H20N4O2S2/c1-11-3-6-13(7-4-11)19-15(16)17-9-10-18-23(20,21)14-8-5-12(2)22-14/h3-8,18H,9-10H2,1-2H3,(H3,16,17,19). The van der Waals surface area contributed by atoms with Gasteiger partial charge in [0, 0.05) is 17.1 Å². The number of nitrogens with two attached hydrogens (primary N) is 1. The Morgan fingerprint density at radius 1 is 1.17 bits per heavy atom. The van der Waals surface area contributed by atoms with Crippen LogP contribution in [-0.4, -0.2) is 27.5 Å². The van der Waals surface area contributed by atoms with Crippen LogP contribution in [0.1, 0.15) is 10.4 Å². The van der Waals surface area contributed by atoms with Gasteiger partial charge in [0.2, 0.25) is 10.0 Å². The second-order valence-electron chi connectivity index (χ2n) is 5.02. The van der Waals surface area contributed by atoms with E-state index in [1.54, 1.807) is 12.1 Å². The third kappa shape index (κ3) is 5.34. The molecule has 0 fully saturated rings. The van der Waals surface area contributed by atoms with E-state index in [4.69, 9.17) is 5.73 Å². The Morgan fingerprint density at radius 3 is 2.48 bits per heavy atom. The Kier molecular flexibility index (Phi) is 5.75. The molecule has 0 aliphatic carbocycles. The summed E-state index contributed by atoms with van der Waals surface area (Å²) in [5.74, 6) is 0.250. The molecule has 0 spiro atoms. The molecule has 2 aromatic rings. The zero-order valence-corrected chi connectivity index (χ0v) is 14.7. The molecular formula is C15H20N4O2S2. The van der Waals surface area contributed by atoms with Gasteiger partial charge in [-0.1, -0.05) is 17.7 Å². The van der Waals surface area contributed by atoms with Crippen molar-refractivity contribution in [1.29, 1.82) is 0 Å². The minimum Gasteiger partial charge on any atom is -0.370 e. The van der Waals surface area contributed by atoms with E-state index in [9.17, 15) is 8.42 Å². The SMILES string of the molecule is Cc1ccc(NC(N)=NCCNS(=O)(=O)c2ccc(C)s2)cc1. The molecule has 0 atom stereocenters. The average Bonchev–Trinajstić information content (AvgIpc) is 2.94. The number of aliphatic imine (C=N–C) groups is 1. The fourth-order valence-corrected chi connectivity index (χ4v) is 4.16. The zero-order valence-electron chi connectivity index (χ0n) is 13.0. The summed E-state index contributed by atoms with van der Waals surface area (Å²) >= 11 is 1.24. The van der Waals surface area contributed by atoms with E-state index in [0.717, 1.165) is 16.1 Å². The van der Waals surface area contributed by atoms with E-state index in [1.165, 1.54) is 11.3 Å². The Labute approximate surface area is 140 Å². The lowest BCUT2D eigenvalue weighted by Crippen LogP contribution is -2.28. The molecule has 0 aliphatic rings. The molecule has 1 aromatic carbocycles. The third-order valence-electron chi connectivity index (χ3n) is 2.99. The van der Waals surface area contributed by atoms with Gasteiger partial charge in [-0.05, 0) is 38.1 Å². The molecule has 1 heterocycles. The van der Waals surface area contributed by atoms with Crippen molar-refractivity contribution in [1.82, 2.24) is 4.72 Å². The van der Waals surface area contributed by atoms with E-state index < -0.39 is 10.0 Å². The summed E-state index contributed by atoms with van der Waals surface area (Å²) in [6.07, 6.45) is 0. The third-order valence-corrected chi connectivity index (χ3v) is 5.94. The van der Waals surface area contributed by atoms with Crippen molar-refractivity contribution in [3.63, 3.8) is 0 Å². The van der Waals surface area contributed by atoms with E-state index in [1.807, 2.05) is 38.1 Å². The van der Waals surface area contributed by atoms with Crippen molar-refractivity contribution in [2.45, 2.75) is 18.1 Å². The van der Waals surface area contributed by atoms with Gasteiger partial charge in [-0.15, -0.1) is 11.3 Å². The molecule has 4 N–H and O–H groups in total. The van der Waals surface area contributed by atoms with Crippen molar-refractivity contribution in [2.75, 3.05) is 18.4 Å². The second kappa shape index (κ2) is 7.58. The maximum atomic E-state index is 12.0. The van der Waals surface area contributed by atoms with Gasteiger partial charge in [0.25, 0.3) is 0 Å². The first kappa shape index (κ1) is 17.5. The van der Waals surface area contributed by atoms with E-state index >= 15 is 0 Å². The summed E-state index contributed by atoms with van der Waals surface area (Å²) in [6, 6.07) is 11.1. The Bertz CT molecular complexity index is 780. The van der Waals surface area contributed by atoms with Gasteiger partial charge in [0.15, 0.2) is 5.96 Å². The van der Waals surface area contributed by atoms with Gasteiger partial charge in [0.05, 0.1) is 6.54 Å². The van der Waals surface area contributed by atoms with E-state index in [-0.39, 0.29) is 19.0 Å². The molecule has 0 saturated carbocycles. The van der Waals surface area contributed by atoms with Crippen LogP contribution < -0.4 is 15.8 Å². The Hall–Kier alpha value is -1.90. The van der Waals surface area contributed by atoms with Crippen LogP contribution in [0.15, 0.2) is 45.6 Å². The molecule has 6 nitrogen and oxygen atoms in total. The minimum atomic E-state index is -3.46. The molecule has 0 unspecified atom stereocenters. The number of aryl methyl sites for hydroxylation is 2. The van der Waals surface area contributed by atoms with Crippen LogP contribution in [0.25, 0.3) is 0 Å². The zero-order chi connectivity index (χ0) is 16.9. The highest BCUT2D eigenvalue weighted by atomic mass is 32.2. The summed E-state index contributed by atoms with van der Waals surface area (Å²) < 4.78 is 26.9. The van der Waals surface area contributed by atoms with Gasteiger partial charge < -0.3 is 11.1 Å². The van der Waals surface area contributed by atoms with Crippen molar-refractivity contribution in [3.05, 3.63) is 46.8 Å². The lowest BCUT2D eigenvalue weighted by Gasteiger charge is -2.06. The highest BCUT2D eigenvalue weighted by molar-refractivity contribution is 7.91. The monoisotopic (exact) mass is 352 g/mol. The number of rotatable bonds is 6. The normalized spacial score (nSPS) is 12.3. The first-order valence-corrected chi connectivity index (χ1v) is 9.36. The molecule has 1 aromatic heterocycles. The van der Waals surface area contributed by atoms with Gasteiger partial charge in [-0.25, -0.2) is 13.1 Å². The number of guanidine groups is 1. The van der Waals surface area contributed by atoms with Crippen LogP contribution in [-0.2, 0) is 10.0 Å². The second-order valence-corrected chi connectivity index (χ2v) is 8.30. The van der Waals surface area contributed by atoms with Crippen molar-refractivity contribution >= 4 is 33.0 Å². The van der Waals surface area contributed by atoms with Crippen molar-refractivity contribution < 1.29 is 8.42 Å². The molecule has 23 heavy (non-hydrogen) atoms. The average molecular weight is 352 g/mol. The Balaban J connectivity index is 1.82. The molecule has 124 valence electrons.